The van der Waals surface area contributed by atoms with Crippen molar-refractivity contribution in [1.82, 2.24) is 10.2 Å². The molecule has 0 saturated carbocycles. The number of hydrogen-bond acceptors (Lipinski definition) is 4. The van der Waals surface area contributed by atoms with Crippen LogP contribution < -0.4 is 10.1 Å². The van der Waals surface area contributed by atoms with E-state index in [-0.39, 0.29) is 17.9 Å². The summed E-state index contributed by atoms with van der Waals surface area (Å²) in [7, 11) is 3.38. The number of methoxy groups -OCH3 is 1. The molecule has 0 aliphatic carbocycles. The molecule has 2 aliphatic rings. The van der Waals surface area contributed by atoms with Crippen molar-refractivity contribution >= 4 is 5.91 Å². The Balaban J connectivity index is 1.72. The zero-order valence-electron chi connectivity index (χ0n) is 13.2. The highest BCUT2D eigenvalue weighted by Crippen LogP contribution is 2.32. The Labute approximate surface area is 131 Å². The lowest BCUT2D eigenvalue weighted by Crippen LogP contribution is -2.52. The number of rotatable bonds is 4. The zero-order chi connectivity index (χ0) is 15.5. The van der Waals surface area contributed by atoms with Gasteiger partial charge in [0.25, 0.3) is 0 Å². The summed E-state index contributed by atoms with van der Waals surface area (Å²) < 4.78 is 11.0. The minimum absolute atomic E-state index is 0.0163. The summed E-state index contributed by atoms with van der Waals surface area (Å²) in [4.78, 5) is 14.4. The Morgan fingerprint density at radius 2 is 2.18 bits per heavy atom. The van der Waals surface area contributed by atoms with E-state index in [1.807, 2.05) is 12.1 Å². The Morgan fingerprint density at radius 3 is 2.86 bits per heavy atom. The van der Waals surface area contributed by atoms with Crippen LogP contribution in [-0.2, 0) is 16.1 Å². The van der Waals surface area contributed by atoms with Crippen LogP contribution in [0.2, 0.25) is 0 Å². The number of carbonyl (C=O) groups is 1. The van der Waals surface area contributed by atoms with E-state index in [0.717, 1.165) is 38.3 Å². The fraction of sp³-hybridized carbons (Fsp3) is 0.588. The van der Waals surface area contributed by atoms with Gasteiger partial charge in [-0.05, 0) is 30.5 Å². The predicted octanol–water partition coefficient (Wildman–Crippen LogP) is 1.42. The fourth-order valence-electron chi connectivity index (χ4n) is 3.59. The second-order valence-electron chi connectivity index (χ2n) is 6.09. The van der Waals surface area contributed by atoms with Gasteiger partial charge in [-0.2, -0.15) is 0 Å². The molecular formula is C17H24N2O3. The predicted molar refractivity (Wildman–Crippen MR) is 83.7 cm³/mol. The first-order valence-corrected chi connectivity index (χ1v) is 7.91. The van der Waals surface area contributed by atoms with Crippen LogP contribution in [0, 0.1) is 5.92 Å². The molecule has 120 valence electrons. The van der Waals surface area contributed by atoms with Crippen LogP contribution in [0.4, 0.5) is 0 Å². The van der Waals surface area contributed by atoms with Gasteiger partial charge in [-0.15, -0.1) is 0 Å². The summed E-state index contributed by atoms with van der Waals surface area (Å²) in [5.74, 6) is 1.00. The van der Waals surface area contributed by atoms with Crippen LogP contribution in [0.1, 0.15) is 18.4 Å². The first kappa shape index (κ1) is 15.3. The van der Waals surface area contributed by atoms with Gasteiger partial charge in [0.05, 0.1) is 19.1 Å². The lowest BCUT2D eigenvalue weighted by molar-refractivity contribution is -0.129. The molecule has 3 atom stereocenters. The lowest BCUT2D eigenvalue weighted by atomic mass is 9.89. The quantitative estimate of drug-likeness (QED) is 0.914. The second-order valence-corrected chi connectivity index (χ2v) is 6.09. The molecule has 2 aliphatic heterocycles. The Hall–Kier alpha value is -1.59. The molecule has 0 spiro atoms. The molecule has 2 fully saturated rings. The molecule has 3 rings (SSSR count). The highest BCUT2D eigenvalue weighted by atomic mass is 16.5. The van der Waals surface area contributed by atoms with Crippen molar-refractivity contribution in [2.75, 3.05) is 27.3 Å². The minimum atomic E-state index is 0.0163. The summed E-state index contributed by atoms with van der Waals surface area (Å²) in [6, 6.07) is 8.58. The van der Waals surface area contributed by atoms with Crippen LogP contribution in [0.3, 0.4) is 0 Å². The van der Waals surface area contributed by atoms with Gasteiger partial charge in [-0.3, -0.25) is 9.69 Å². The summed E-state index contributed by atoms with van der Waals surface area (Å²) >= 11 is 0. The molecule has 2 saturated heterocycles. The molecule has 1 amide bonds. The summed E-state index contributed by atoms with van der Waals surface area (Å²) in [6.45, 7) is 2.45. The number of carbonyl (C=O) groups excluding carboxylic acids is 1. The van der Waals surface area contributed by atoms with Gasteiger partial charge < -0.3 is 14.8 Å². The standard InChI is InChI=1S/C17H24N2O3/c1-18-17(20)13-9-16-15(7-8-22-16)19(11-13)10-12-3-5-14(21-2)6-4-12/h3-6,13,15-16H,7-11H2,1-2H3,(H,18,20)/t13-,15+,16+/m1/s1. The SMILES string of the molecule is CNC(=O)[C@@H]1C[C@@H]2OCC[C@@H]2N(Cc2ccc(OC)cc2)C1. The Morgan fingerprint density at radius 1 is 1.41 bits per heavy atom. The van der Waals surface area contributed by atoms with Gasteiger partial charge in [0, 0.05) is 32.8 Å². The molecule has 0 unspecified atom stereocenters. The van der Waals surface area contributed by atoms with Crippen molar-refractivity contribution in [1.29, 1.82) is 0 Å². The minimum Gasteiger partial charge on any atom is -0.497 e. The number of nitrogens with one attached hydrogen (secondary N) is 1. The highest BCUT2D eigenvalue weighted by Gasteiger charge is 2.41. The third-order valence-corrected chi connectivity index (χ3v) is 4.78. The van der Waals surface area contributed by atoms with Crippen LogP contribution in [-0.4, -0.2) is 50.3 Å². The molecule has 0 radical (unpaired) electrons. The number of nitrogens with zero attached hydrogens (tertiary/aromatic N) is 1. The average molecular weight is 304 g/mol. The average Bonchev–Trinajstić information content (AvgIpc) is 3.03. The normalized spacial score (nSPS) is 28.2. The smallest absolute Gasteiger partial charge is 0.224 e. The van der Waals surface area contributed by atoms with E-state index in [4.69, 9.17) is 9.47 Å². The molecule has 1 N–H and O–H groups in total. The monoisotopic (exact) mass is 304 g/mol. The Kier molecular flexibility index (Phi) is 4.64. The number of fused-ring (bicyclic) bond motifs is 1. The van der Waals surface area contributed by atoms with Crippen LogP contribution in [0.25, 0.3) is 0 Å². The first-order valence-electron chi connectivity index (χ1n) is 7.91. The number of hydrogen-bond donors (Lipinski definition) is 1. The van der Waals surface area contributed by atoms with Gasteiger partial charge in [0.1, 0.15) is 5.75 Å². The van der Waals surface area contributed by atoms with Crippen molar-refractivity contribution in [2.24, 2.45) is 5.92 Å². The van der Waals surface area contributed by atoms with E-state index < -0.39 is 0 Å². The van der Waals surface area contributed by atoms with E-state index in [0.29, 0.717) is 6.04 Å². The maximum Gasteiger partial charge on any atom is 0.224 e. The molecule has 5 nitrogen and oxygen atoms in total. The number of amides is 1. The second kappa shape index (κ2) is 6.67. The molecule has 22 heavy (non-hydrogen) atoms. The van der Waals surface area contributed by atoms with Gasteiger partial charge in [0.2, 0.25) is 5.91 Å². The fourth-order valence-corrected chi connectivity index (χ4v) is 3.59. The van der Waals surface area contributed by atoms with Crippen molar-refractivity contribution in [3.63, 3.8) is 0 Å². The topological polar surface area (TPSA) is 50.8 Å². The van der Waals surface area contributed by atoms with Crippen LogP contribution in [0.15, 0.2) is 24.3 Å². The van der Waals surface area contributed by atoms with Crippen molar-refractivity contribution in [2.45, 2.75) is 31.5 Å². The van der Waals surface area contributed by atoms with Gasteiger partial charge in [-0.25, -0.2) is 0 Å². The maximum absolute atomic E-state index is 12.0. The third-order valence-electron chi connectivity index (χ3n) is 4.78. The maximum atomic E-state index is 12.0. The van der Waals surface area contributed by atoms with Gasteiger partial charge in [-0.1, -0.05) is 12.1 Å². The molecule has 5 heteroatoms. The molecule has 2 heterocycles. The molecule has 0 aromatic heterocycles. The molecular weight excluding hydrogens is 280 g/mol. The van der Waals surface area contributed by atoms with E-state index in [1.165, 1.54) is 5.56 Å². The van der Waals surface area contributed by atoms with Crippen molar-refractivity contribution < 1.29 is 14.3 Å². The van der Waals surface area contributed by atoms with Crippen LogP contribution >= 0.6 is 0 Å². The van der Waals surface area contributed by atoms with E-state index in [9.17, 15) is 4.79 Å². The Bertz CT molecular complexity index is 517. The molecule has 1 aromatic carbocycles. The van der Waals surface area contributed by atoms with Crippen molar-refractivity contribution in [3.8, 4) is 5.75 Å². The van der Waals surface area contributed by atoms with E-state index in [2.05, 4.69) is 22.3 Å². The van der Waals surface area contributed by atoms with Crippen LogP contribution in [0.5, 0.6) is 5.75 Å². The molecule has 0 bridgehead atoms. The number of ether oxygens (including phenoxy) is 2. The molecule has 1 aromatic rings. The number of benzene rings is 1. The van der Waals surface area contributed by atoms with Gasteiger partial charge in [0.15, 0.2) is 0 Å². The first-order chi connectivity index (χ1) is 10.7. The highest BCUT2D eigenvalue weighted by molar-refractivity contribution is 5.78. The van der Waals surface area contributed by atoms with E-state index >= 15 is 0 Å². The van der Waals surface area contributed by atoms with E-state index in [1.54, 1.807) is 14.2 Å². The lowest BCUT2D eigenvalue weighted by Gasteiger charge is -2.40. The van der Waals surface area contributed by atoms with Gasteiger partial charge >= 0.3 is 0 Å². The summed E-state index contributed by atoms with van der Waals surface area (Å²) in [6.07, 6.45) is 2.08. The largest absolute Gasteiger partial charge is 0.497 e. The van der Waals surface area contributed by atoms with Crippen molar-refractivity contribution in [3.05, 3.63) is 29.8 Å². The summed E-state index contributed by atoms with van der Waals surface area (Å²) in [5.41, 5.74) is 1.24. The number of piperidine rings is 1. The third kappa shape index (κ3) is 3.10. The summed E-state index contributed by atoms with van der Waals surface area (Å²) in [5, 5.41) is 2.78. The zero-order valence-corrected chi connectivity index (χ0v) is 13.2. The number of likely N-dealkylation sites (tertiary alicyclic amines) is 1.